The lowest BCUT2D eigenvalue weighted by Gasteiger charge is -2.16. The minimum atomic E-state index is -1.07. The molecular weight excluding hydrogens is 262 g/mol. The number of hydrogen-bond acceptors (Lipinski definition) is 3. The second-order valence-electron chi connectivity index (χ2n) is 4.58. The fourth-order valence-electron chi connectivity index (χ4n) is 1.97. The summed E-state index contributed by atoms with van der Waals surface area (Å²) in [6.07, 6.45) is 1.96. The number of carbonyl (C=O) groups excluding carboxylic acids is 1. The summed E-state index contributed by atoms with van der Waals surface area (Å²) in [7, 11) is 0. The summed E-state index contributed by atoms with van der Waals surface area (Å²) in [5.41, 5.74) is 1.63. The predicted octanol–water partition coefficient (Wildman–Crippen LogP) is 2.48. The Morgan fingerprint density at radius 3 is 2.26 bits per heavy atom. The van der Waals surface area contributed by atoms with Gasteiger partial charge in [-0.25, -0.2) is 4.79 Å². The third kappa shape index (κ3) is 3.73. The van der Waals surface area contributed by atoms with Gasteiger partial charge in [-0.05, 0) is 38.2 Å². The fourth-order valence-corrected chi connectivity index (χ4v) is 2.55. The zero-order valence-electron chi connectivity index (χ0n) is 11.6. The Bertz CT molecular complexity index is 500. The van der Waals surface area contributed by atoms with Crippen molar-refractivity contribution in [2.75, 3.05) is 12.0 Å². The SMILES string of the molecule is CSCC(C)NC(=O)c1c(C)ccc(C)c1C(=O)O. The Hall–Kier alpha value is -1.49. The van der Waals surface area contributed by atoms with Crippen LogP contribution < -0.4 is 5.32 Å². The first-order chi connectivity index (χ1) is 8.88. The van der Waals surface area contributed by atoms with E-state index in [1.165, 1.54) is 0 Å². The van der Waals surface area contributed by atoms with E-state index in [9.17, 15) is 14.7 Å². The lowest BCUT2D eigenvalue weighted by molar-refractivity contribution is 0.0689. The first-order valence-electron chi connectivity index (χ1n) is 6.01. The number of carbonyl (C=O) groups is 2. The monoisotopic (exact) mass is 281 g/mol. The number of hydrogen-bond donors (Lipinski definition) is 2. The number of amides is 1. The van der Waals surface area contributed by atoms with Crippen molar-refractivity contribution in [1.82, 2.24) is 5.32 Å². The highest BCUT2D eigenvalue weighted by molar-refractivity contribution is 7.98. The highest BCUT2D eigenvalue weighted by Crippen LogP contribution is 2.19. The third-order valence-electron chi connectivity index (χ3n) is 2.86. The Morgan fingerprint density at radius 1 is 1.26 bits per heavy atom. The number of aryl methyl sites for hydroxylation is 2. The van der Waals surface area contributed by atoms with Crippen LogP contribution in [0.4, 0.5) is 0 Å². The van der Waals surface area contributed by atoms with Gasteiger partial charge < -0.3 is 10.4 Å². The zero-order chi connectivity index (χ0) is 14.6. The van der Waals surface area contributed by atoms with E-state index < -0.39 is 5.97 Å². The largest absolute Gasteiger partial charge is 0.478 e. The quantitative estimate of drug-likeness (QED) is 0.870. The van der Waals surface area contributed by atoms with E-state index in [0.29, 0.717) is 11.1 Å². The summed E-state index contributed by atoms with van der Waals surface area (Å²) in [5.74, 6) is -0.594. The maximum Gasteiger partial charge on any atom is 0.336 e. The first kappa shape index (κ1) is 15.6. The van der Waals surface area contributed by atoms with Gasteiger partial charge in [-0.1, -0.05) is 12.1 Å². The molecule has 0 spiro atoms. The summed E-state index contributed by atoms with van der Waals surface area (Å²) in [6.45, 7) is 5.35. The maximum atomic E-state index is 12.2. The molecule has 1 aromatic carbocycles. The molecule has 0 radical (unpaired) electrons. The number of aromatic carboxylic acids is 1. The molecular formula is C14H19NO3S. The predicted molar refractivity (Wildman–Crippen MR) is 78.2 cm³/mol. The molecule has 0 aliphatic carbocycles. The van der Waals surface area contributed by atoms with Crippen molar-refractivity contribution in [3.8, 4) is 0 Å². The molecule has 0 saturated heterocycles. The molecule has 0 aromatic heterocycles. The van der Waals surface area contributed by atoms with E-state index >= 15 is 0 Å². The van der Waals surface area contributed by atoms with E-state index in [0.717, 1.165) is 5.75 Å². The summed E-state index contributed by atoms with van der Waals surface area (Å²) in [6, 6.07) is 3.50. The molecule has 19 heavy (non-hydrogen) atoms. The lowest BCUT2D eigenvalue weighted by atomic mass is 9.96. The Kier molecular flexibility index (Phi) is 5.42. The van der Waals surface area contributed by atoms with Crippen LogP contribution in [0.15, 0.2) is 12.1 Å². The van der Waals surface area contributed by atoms with Crippen molar-refractivity contribution >= 4 is 23.6 Å². The van der Waals surface area contributed by atoms with Crippen molar-refractivity contribution in [1.29, 1.82) is 0 Å². The zero-order valence-corrected chi connectivity index (χ0v) is 12.4. The van der Waals surface area contributed by atoms with Gasteiger partial charge in [0.05, 0.1) is 11.1 Å². The van der Waals surface area contributed by atoms with Crippen LogP contribution in [0.1, 0.15) is 38.8 Å². The molecule has 4 nitrogen and oxygen atoms in total. The van der Waals surface area contributed by atoms with Crippen molar-refractivity contribution < 1.29 is 14.7 Å². The van der Waals surface area contributed by atoms with Crippen LogP contribution in [0.25, 0.3) is 0 Å². The number of carboxylic acids is 1. The van der Waals surface area contributed by atoms with Crippen molar-refractivity contribution in [3.63, 3.8) is 0 Å². The van der Waals surface area contributed by atoms with E-state index in [1.807, 2.05) is 13.2 Å². The summed E-state index contributed by atoms with van der Waals surface area (Å²) in [4.78, 5) is 23.6. The summed E-state index contributed by atoms with van der Waals surface area (Å²) < 4.78 is 0. The minimum absolute atomic E-state index is 0.00376. The van der Waals surface area contributed by atoms with E-state index in [2.05, 4.69) is 5.32 Å². The van der Waals surface area contributed by atoms with Gasteiger partial charge in [0.25, 0.3) is 5.91 Å². The molecule has 0 bridgehead atoms. The average molecular weight is 281 g/mol. The molecule has 0 aliphatic heterocycles. The lowest BCUT2D eigenvalue weighted by Crippen LogP contribution is -2.35. The molecule has 5 heteroatoms. The van der Waals surface area contributed by atoms with Gasteiger partial charge in [-0.3, -0.25) is 4.79 Å². The summed E-state index contributed by atoms with van der Waals surface area (Å²) in [5, 5.41) is 12.1. The number of rotatable bonds is 5. The molecule has 1 amide bonds. The molecule has 1 aromatic rings. The number of thioether (sulfide) groups is 1. The minimum Gasteiger partial charge on any atom is -0.478 e. The maximum absolute atomic E-state index is 12.2. The van der Waals surface area contributed by atoms with Gasteiger partial charge in [-0.15, -0.1) is 0 Å². The normalized spacial score (nSPS) is 12.0. The third-order valence-corrected chi connectivity index (χ3v) is 3.69. The number of benzene rings is 1. The van der Waals surface area contributed by atoms with E-state index in [4.69, 9.17) is 0 Å². The molecule has 1 atom stereocenters. The molecule has 2 N–H and O–H groups in total. The van der Waals surface area contributed by atoms with Crippen LogP contribution in [0.2, 0.25) is 0 Å². The van der Waals surface area contributed by atoms with E-state index in [-0.39, 0.29) is 23.1 Å². The molecule has 0 aliphatic rings. The van der Waals surface area contributed by atoms with Crippen LogP contribution in [-0.2, 0) is 0 Å². The highest BCUT2D eigenvalue weighted by atomic mass is 32.2. The standard InChI is InChI=1S/C14H19NO3S/c1-8-5-6-9(2)12(14(17)18)11(8)13(16)15-10(3)7-19-4/h5-6,10H,7H2,1-4H3,(H,15,16)(H,17,18). The Labute approximate surface area is 117 Å². The molecule has 1 rings (SSSR count). The fraction of sp³-hybridized carbons (Fsp3) is 0.429. The number of nitrogens with one attached hydrogen (secondary N) is 1. The number of carboxylic acid groups (broad SMARTS) is 1. The van der Waals surface area contributed by atoms with Gasteiger partial charge in [0.2, 0.25) is 0 Å². The van der Waals surface area contributed by atoms with E-state index in [1.54, 1.807) is 37.7 Å². The van der Waals surface area contributed by atoms with Crippen molar-refractivity contribution in [3.05, 3.63) is 34.4 Å². The smallest absolute Gasteiger partial charge is 0.336 e. The topological polar surface area (TPSA) is 66.4 Å². The van der Waals surface area contributed by atoms with Crippen LogP contribution in [0.3, 0.4) is 0 Å². The van der Waals surface area contributed by atoms with Gasteiger partial charge in [0.15, 0.2) is 0 Å². The Balaban J connectivity index is 3.15. The second-order valence-corrected chi connectivity index (χ2v) is 5.50. The Morgan fingerprint density at radius 2 is 1.79 bits per heavy atom. The molecule has 0 saturated carbocycles. The van der Waals surface area contributed by atoms with Crippen LogP contribution in [-0.4, -0.2) is 35.0 Å². The van der Waals surface area contributed by atoms with Gasteiger partial charge >= 0.3 is 5.97 Å². The molecule has 104 valence electrons. The average Bonchev–Trinajstić information content (AvgIpc) is 2.31. The molecule has 0 fully saturated rings. The first-order valence-corrected chi connectivity index (χ1v) is 7.41. The van der Waals surface area contributed by atoms with Gasteiger partial charge in [0.1, 0.15) is 0 Å². The summed E-state index contributed by atoms with van der Waals surface area (Å²) >= 11 is 1.63. The van der Waals surface area contributed by atoms with Gasteiger partial charge in [0, 0.05) is 11.8 Å². The van der Waals surface area contributed by atoms with Crippen molar-refractivity contribution in [2.24, 2.45) is 0 Å². The van der Waals surface area contributed by atoms with Crippen LogP contribution >= 0.6 is 11.8 Å². The molecule has 1 unspecified atom stereocenters. The van der Waals surface area contributed by atoms with Crippen molar-refractivity contribution in [2.45, 2.75) is 26.8 Å². The highest BCUT2D eigenvalue weighted by Gasteiger charge is 2.22. The van der Waals surface area contributed by atoms with Crippen LogP contribution in [0.5, 0.6) is 0 Å². The van der Waals surface area contributed by atoms with Crippen LogP contribution in [0, 0.1) is 13.8 Å². The van der Waals surface area contributed by atoms with Gasteiger partial charge in [-0.2, -0.15) is 11.8 Å². The molecule has 0 heterocycles. The second kappa shape index (κ2) is 6.61.